The van der Waals surface area contributed by atoms with Gasteiger partial charge in [-0.15, -0.1) is 10.2 Å². The molecule has 3 aromatic rings. The van der Waals surface area contributed by atoms with Crippen molar-refractivity contribution in [1.29, 1.82) is 0 Å². The quantitative estimate of drug-likeness (QED) is 0.461. The van der Waals surface area contributed by atoms with Crippen molar-refractivity contribution in [2.24, 2.45) is 0 Å². The first-order valence-electron chi connectivity index (χ1n) is 8.41. The number of hydrogen-bond donors (Lipinski definition) is 2. The number of nitrogens with one attached hydrogen (secondary N) is 1. The van der Waals surface area contributed by atoms with Crippen LogP contribution >= 0.6 is 11.8 Å². The number of benzene rings is 2. The fraction of sp³-hybridized carbons (Fsp3) is 0.158. The van der Waals surface area contributed by atoms with Crippen LogP contribution in [0, 0.1) is 0 Å². The van der Waals surface area contributed by atoms with E-state index in [1.165, 1.54) is 7.11 Å². The molecule has 0 saturated carbocycles. The summed E-state index contributed by atoms with van der Waals surface area (Å²) >= 11 is 1.03. The summed E-state index contributed by atoms with van der Waals surface area (Å²) in [5, 5.41) is 10.9. The van der Waals surface area contributed by atoms with Gasteiger partial charge in [0.05, 0.1) is 18.6 Å². The van der Waals surface area contributed by atoms with Crippen LogP contribution in [0.3, 0.4) is 0 Å². The molecule has 0 aliphatic rings. The molecular formula is C19H19N5O3S. The lowest BCUT2D eigenvalue weighted by molar-refractivity contribution is -0.113. The van der Waals surface area contributed by atoms with Crippen LogP contribution in [-0.4, -0.2) is 33.6 Å². The molecule has 3 N–H and O–H groups in total. The Morgan fingerprint density at radius 1 is 1.14 bits per heavy atom. The molecule has 2 aromatic carbocycles. The molecule has 3 rings (SSSR count). The summed E-state index contributed by atoms with van der Waals surface area (Å²) in [6.45, 7) is 0. The Bertz CT molecular complexity index is 1020. The summed E-state index contributed by atoms with van der Waals surface area (Å²) < 4.78 is 6.12. The average Bonchev–Trinajstić information content (AvgIpc) is 2.72. The lowest BCUT2D eigenvalue weighted by atomic mass is 10.1. The molecule has 0 bridgehead atoms. The Hall–Kier alpha value is -3.33. The maximum Gasteiger partial charge on any atom is 0.294 e. The van der Waals surface area contributed by atoms with E-state index in [9.17, 15) is 9.59 Å². The van der Waals surface area contributed by atoms with E-state index in [0.717, 1.165) is 22.0 Å². The molecular weight excluding hydrogens is 378 g/mol. The highest BCUT2D eigenvalue weighted by Crippen LogP contribution is 2.23. The number of aromatic nitrogens is 3. The van der Waals surface area contributed by atoms with Crippen LogP contribution in [0.1, 0.15) is 11.3 Å². The largest absolute Gasteiger partial charge is 0.495 e. The number of anilines is 1. The second-order valence-electron chi connectivity index (χ2n) is 5.80. The van der Waals surface area contributed by atoms with E-state index in [1.807, 2.05) is 36.4 Å². The number of carbonyl (C=O) groups is 1. The van der Waals surface area contributed by atoms with Gasteiger partial charge < -0.3 is 15.9 Å². The fourth-order valence-corrected chi connectivity index (χ4v) is 3.14. The van der Waals surface area contributed by atoms with Crippen molar-refractivity contribution < 1.29 is 9.53 Å². The number of rotatable bonds is 7. The van der Waals surface area contributed by atoms with E-state index in [4.69, 9.17) is 10.6 Å². The average molecular weight is 397 g/mol. The van der Waals surface area contributed by atoms with Crippen molar-refractivity contribution in [3.63, 3.8) is 0 Å². The molecule has 144 valence electrons. The van der Waals surface area contributed by atoms with Crippen molar-refractivity contribution in [1.82, 2.24) is 14.9 Å². The Labute approximate surface area is 165 Å². The van der Waals surface area contributed by atoms with Gasteiger partial charge >= 0.3 is 0 Å². The molecule has 1 amide bonds. The third kappa shape index (κ3) is 4.68. The normalized spacial score (nSPS) is 10.5. The zero-order valence-corrected chi connectivity index (χ0v) is 16.0. The minimum absolute atomic E-state index is 0.0153. The SMILES string of the molecule is COc1ccccc1NC(=O)CSc1nnc(Cc2ccccc2)c(=O)n1N. The minimum Gasteiger partial charge on any atom is -0.495 e. The Morgan fingerprint density at radius 3 is 2.61 bits per heavy atom. The summed E-state index contributed by atoms with van der Waals surface area (Å²) in [6.07, 6.45) is 0.336. The number of amides is 1. The van der Waals surface area contributed by atoms with Crippen LogP contribution in [-0.2, 0) is 11.2 Å². The maximum absolute atomic E-state index is 12.4. The van der Waals surface area contributed by atoms with Crippen molar-refractivity contribution in [3.8, 4) is 5.75 Å². The van der Waals surface area contributed by atoms with Crippen LogP contribution in [0.15, 0.2) is 64.5 Å². The smallest absolute Gasteiger partial charge is 0.294 e. The van der Waals surface area contributed by atoms with E-state index >= 15 is 0 Å². The van der Waals surface area contributed by atoms with Crippen molar-refractivity contribution in [3.05, 3.63) is 76.2 Å². The highest BCUT2D eigenvalue weighted by Gasteiger charge is 2.14. The molecule has 0 atom stereocenters. The maximum atomic E-state index is 12.4. The van der Waals surface area contributed by atoms with Crippen molar-refractivity contribution in [2.45, 2.75) is 11.6 Å². The van der Waals surface area contributed by atoms with Crippen LogP contribution in [0.25, 0.3) is 0 Å². The van der Waals surface area contributed by atoms with Gasteiger partial charge in [0, 0.05) is 6.42 Å². The molecule has 0 fully saturated rings. The van der Waals surface area contributed by atoms with Gasteiger partial charge in [-0.05, 0) is 17.7 Å². The van der Waals surface area contributed by atoms with Gasteiger partial charge in [-0.3, -0.25) is 9.59 Å². The first-order valence-corrected chi connectivity index (χ1v) is 9.40. The van der Waals surface area contributed by atoms with E-state index < -0.39 is 5.56 Å². The number of methoxy groups -OCH3 is 1. The lowest BCUT2D eigenvalue weighted by Gasteiger charge is -2.10. The molecule has 8 nitrogen and oxygen atoms in total. The van der Waals surface area contributed by atoms with E-state index in [2.05, 4.69) is 15.5 Å². The van der Waals surface area contributed by atoms with Gasteiger partial charge in [-0.1, -0.05) is 54.2 Å². The first-order chi connectivity index (χ1) is 13.6. The summed E-state index contributed by atoms with van der Waals surface area (Å²) in [6, 6.07) is 16.5. The number of para-hydroxylation sites is 2. The molecule has 9 heteroatoms. The van der Waals surface area contributed by atoms with Crippen LogP contribution in [0.2, 0.25) is 0 Å². The van der Waals surface area contributed by atoms with Gasteiger partial charge in [0.1, 0.15) is 11.4 Å². The number of nitrogens with zero attached hydrogens (tertiary/aromatic N) is 3. The van der Waals surface area contributed by atoms with Crippen LogP contribution < -0.4 is 21.5 Å². The summed E-state index contributed by atoms with van der Waals surface area (Å²) in [5.41, 5.74) is 1.30. The Kier molecular flexibility index (Phi) is 6.28. The van der Waals surface area contributed by atoms with Gasteiger partial charge in [0.25, 0.3) is 5.56 Å². The zero-order valence-electron chi connectivity index (χ0n) is 15.2. The molecule has 0 spiro atoms. The van der Waals surface area contributed by atoms with Crippen molar-refractivity contribution >= 4 is 23.4 Å². The predicted molar refractivity (Wildman–Crippen MR) is 108 cm³/mol. The standard InChI is InChI=1S/C19H19N5O3S/c1-27-16-10-6-5-9-14(16)21-17(25)12-28-19-23-22-15(18(26)24(19)20)11-13-7-3-2-4-8-13/h2-10H,11-12,20H2,1H3,(H,21,25). The molecule has 0 unspecified atom stereocenters. The number of hydrogen-bond acceptors (Lipinski definition) is 7. The molecule has 0 radical (unpaired) electrons. The predicted octanol–water partition coefficient (Wildman–Crippen LogP) is 1.68. The van der Waals surface area contributed by atoms with E-state index in [1.54, 1.807) is 18.2 Å². The zero-order chi connectivity index (χ0) is 19.9. The van der Waals surface area contributed by atoms with Crippen LogP contribution in [0.4, 0.5) is 5.69 Å². The van der Waals surface area contributed by atoms with Crippen molar-refractivity contribution in [2.75, 3.05) is 24.0 Å². The summed E-state index contributed by atoms with van der Waals surface area (Å²) in [4.78, 5) is 24.6. The molecule has 0 aliphatic carbocycles. The van der Waals surface area contributed by atoms with E-state index in [-0.39, 0.29) is 22.5 Å². The van der Waals surface area contributed by atoms with E-state index in [0.29, 0.717) is 17.9 Å². The number of ether oxygens (including phenoxy) is 1. The lowest BCUT2D eigenvalue weighted by Crippen LogP contribution is -2.34. The van der Waals surface area contributed by atoms with Gasteiger partial charge in [-0.2, -0.15) is 4.68 Å². The minimum atomic E-state index is -0.438. The molecule has 1 aromatic heterocycles. The number of carbonyl (C=O) groups excluding carboxylic acids is 1. The topological polar surface area (TPSA) is 112 Å². The van der Waals surface area contributed by atoms with Crippen LogP contribution in [0.5, 0.6) is 5.75 Å². The second-order valence-corrected chi connectivity index (χ2v) is 6.75. The van der Waals surface area contributed by atoms with Gasteiger partial charge in [-0.25, -0.2) is 0 Å². The third-order valence-electron chi connectivity index (χ3n) is 3.86. The Balaban J connectivity index is 1.65. The first kappa shape index (κ1) is 19.4. The molecule has 1 heterocycles. The fourth-order valence-electron chi connectivity index (χ4n) is 2.48. The monoisotopic (exact) mass is 397 g/mol. The summed E-state index contributed by atoms with van der Waals surface area (Å²) in [5.74, 6) is 6.14. The third-order valence-corrected chi connectivity index (χ3v) is 4.80. The van der Waals surface area contributed by atoms with Gasteiger partial charge in [0.2, 0.25) is 11.1 Å². The summed E-state index contributed by atoms with van der Waals surface area (Å²) in [7, 11) is 1.53. The number of nitrogens with two attached hydrogens (primary N) is 1. The molecule has 28 heavy (non-hydrogen) atoms. The molecule has 0 aliphatic heterocycles. The van der Waals surface area contributed by atoms with Gasteiger partial charge in [0.15, 0.2) is 0 Å². The Morgan fingerprint density at radius 2 is 1.86 bits per heavy atom. The molecule has 0 saturated heterocycles. The number of thioether (sulfide) groups is 1. The highest BCUT2D eigenvalue weighted by atomic mass is 32.2. The highest BCUT2D eigenvalue weighted by molar-refractivity contribution is 7.99. The number of nitrogen functional groups attached to an aromatic ring is 1. The second kappa shape index (κ2) is 9.05.